The van der Waals surface area contributed by atoms with Gasteiger partial charge in [0, 0.05) is 29.5 Å². The van der Waals surface area contributed by atoms with Gasteiger partial charge in [0.25, 0.3) is 0 Å². The molecule has 0 fully saturated rings. The second-order valence-corrected chi connectivity index (χ2v) is 6.97. The van der Waals surface area contributed by atoms with Gasteiger partial charge < -0.3 is 20.4 Å². The number of ketones is 3. The number of phenols is 3. The number of fused-ring (bicyclic) bond motifs is 4. The Morgan fingerprint density at radius 1 is 0.846 bits per heavy atom. The predicted molar refractivity (Wildman–Crippen MR) is 88.0 cm³/mol. The fraction of sp³-hybridized carbons (Fsp3) is 0.211. The molecule has 0 aromatic heterocycles. The molecule has 4 rings (SSSR count). The molecule has 2 aromatic carbocycles. The van der Waals surface area contributed by atoms with Gasteiger partial charge in [0.15, 0.2) is 23.1 Å². The molecule has 26 heavy (non-hydrogen) atoms. The van der Waals surface area contributed by atoms with E-state index in [0.717, 1.165) is 6.07 Å². The Labute approximate surface area is 147 Å². The number of hydrogen-bond acceptors (Lipinski definition) is 7. The van der Waals surface area contributed by atoms with E-state index >= 15 is 0 Å². The van der Waals surface area contributed by atoms with Gasteiger partial charge in [0.1, 0.15) is 5.75 Å². The molecule has 4 N–H and O–H groups in total. The molecule has 0 radical (unpaired) electrons. The normalized spacial score (nSPS) is 21.2. The second kappa shape index (κ2) is 4.92. The van der Waals surface area contributed by atoms with Gasteiger partial charge >= 0.3 is 0 Å². The molecule has 2 aliphatic rings. The third-order valence-corrected chi connectivity index (χ3v) is 4.86. The second-order valence-electron chi connectivity index (χ2n) is 6.97. The lowest BCUT2D eigenvalue weighted by atomic mass is 9.73. The molecule has 2 aliphatic carbocycles. The van der Waals surface area contributed by atoms with Crippen LogP contribution in [0.25, 0.3) is 0 Å². The Morgan fingerprint density at radius 3 is 2.23 bits per heavy atom. The number of hydrogen-bond donors (Lipinski definition) is 4. The highest BCUT2D eigenvalue weighted by molar-refractivity contribution is 6.33. The fourth-order valence-corrected chi connectivity index (χ4v) is 3.80. The van der Waals surface area contributed by atoms with Gasteiger partial charge in [-0.3, -0.25) is 14.4 Å². The smallest absolute Gasteiger partial charge is 0.202 e. The lowest BCUT2D eigenvalue weighted by Gasteiger charge is -2.32. The van der Waals surface area contributed by atoms with Crippen LogP contribution in [-0.4, -0.2) is 43.4 Å². The van der Waals surface area contributed by atoms with Crippen LogP contribution in [0.5, 0.6) is 17.2 Å². The zero-order valence-corrected chi connectivity index (χ0v) is 13.7. The Morgan fingerprint density at radius 2 is 1.54 bits per heavy atom. The predicted octanol–water partition coefficient (Wildman–Crippen LogP) is 1.46. The number of benzene rings is 2. The van der Waals surface area contributed by atoms with E-state index in [9.17, 15) is 34.8 Å². The van der Waals surface area contributed by atoms with Crippen molar-refractivity contribution in [3.8, 4) is 17.2 Å². The van der Waals surface area contributed by atoms with Crippen molar-refractivity contribution in [1.29, 1.82) is 0 Å². The third kappa shape index (κ3) is 2.01. The zero-order valence-electron chi connectivity index (χ0n) is 13.7. The summed E-state index contributed by atoms with van der Waals surface area (Å²) in [7, 11) is 0. The van der Waals surface area contributed by atoms with Gasteiger partial charge in [-0.1, -0.05) is 0 Å². The summed E-state index contributed by atoms with van der Waals surface area (Å²) in [6.45, 7) is 1.48. The monoisotopic (exact) mass is 354 g/mol. The fourth-order valence-electron chi connectivity index (χ4n) is 3.80. The Kier molecular flexibility index (Phi) is 3.08. The zero-order chi connectivity index (χ0) is 19.0. The summed E-state index contributed by atoms with van der Waals surface area (Å²) in [5.74, 6) is -3.90. The Balaban J connectivity index is 2.07. The summed E-state index contributed by atoms with van der Waals surface area (Å²) in [6, 6.07) is 3.45. The van der Waals surface area contributed by atoms with Gasteiger partial charge in [0.05, 0.1) is 16.7 Å². The minimum atomic E-state index is -1.31. The van der Waals surface area contributed by atoms with Crippen LogP contribution in [0.2, 0.25) is 0 Å². The van der Waals surface area contributed by atoms with Crippen LogP contribution < -0.4 is 0 Å². The first-order chi connectivity index (χ1) is 12.1. The van der Waals surface area contributed by atoms with E-state index in [2.05, 4.69) is 0 Å². The van der Waals surface area contributed by atoms with Crippen LogP contribution in [0.3, 0.4) is 0 Å². The lowest BCUT2D eigenvalue weighted by Crippen LogP contribution is -2.37. The molecule has 0 aliphatic heterocycles. The van der Waals surface area contributed by atoms with Gasteiger partial charge in [-0.05, 0) is 30.7 Å². The van der Waals surface area contributed by atoms with E-state index < -0.39 is 45.8 Å². The van der Waals surface area contributed by atoms with Crippen molar-refractivity contribution in [2.24, 2.45) is 0 Å². The average Bonchev–Trinajstić information content (AvgIpc) is 2.52. The number of aromatic hydroxyl groups is 3. The van der Waals surface area contributed by atoms with Gasteiger partial charge in [-0.15, -0.1) is 0 Å². The molecule has 0 amide bonds. The molecule has 7 heteroatoms. The highest BCUT2D eigenvalue weighted by Gasteiger charge is 2.42. The number of Topliss-reactive ketones (excluding diaryl/α,β-unsaturated/α-hetero) is 1. The van der Waals surface area contributed by atoms with Crippen molar-refractivity contribution in [3.05, 3.63) is 51.6 Å². The van der Waals surface area contributed by atoms with E-state index in [4.69, 9.17) is 0 Å². The Bertz CT molecular complexity index is 1050. The lowest BCUT2D eigenvalue weighted by molar-refractivity contribution is 0.0409. The summed E-state index contributed by atoms with van der Waals surface area (Å²) in [5, 5.41) is 40.2. The Hall–Kier alpha value is -3.19. The summed E-state index contributed by atoms with van der Waals surface area (Å²) in [6.07, 6.45) is -0.170. The molecule has 0 spiro atoms. The van der Waals surface area contributed by atoms with Crippen LogP contribution in [0.1, 0.15) is 61.1 Å². The van der Waals surface area contributed by atoms with Crippen LogP contribution >= 0.6 is 0 Å². The maximum atomic E-state index is 13.0. The summed E-state index contributed by atoms with van der Waals surface area (Å²) in [5.41, 5.74) is -2.17. The third-order valence-electron chi connectivity index (χ3n) is 4.86. The van der Waals surface area contributed by atoms with E-state index in [1.807, 2.05) is 0 Å². The largest absolute Gasteiger partial charge is 0.507 e. The summed E-state index contributed by atoms with van der Waals surface area (Å²) < 4.78 is 0. The molecule has 0 saturated carbocycles. The molecular weight excluding hydrogens is 340 g/mol. The molecule has 0 heterocycles. The van der Waals surface area contributed by atoms with Crippen molar-refractivity contribution >= 4 is 17.3 Å². The van der Waals surface area contributed by atoms with Crippen molar-refractivity contribution in [2.45, 2.75) is 25.4 Å². The molecular formula is C19H14O7. The van der Waals surface area contributed by atoms with Crippen molar-refractivity contribution in [2.75, 3.05) is 0 Å². The molecule has 1 atom stereocenters. The minimum absolute atomic E-state index is 0.0147. The van der Waals surface area contributed by atoms with E-state index in [0.29, 0.717) is 0 Å². The standard InChI is InChI=1S/C19H14O7/c1-19(26)5-7-4-10(21)14-15(12(7)11(22)6-19)16(23)8-2-3-9(20)17(24)13(8)18(14)25/h2-4,20-21,24,26H,5-6H2,1H3. The van der Waals surface area contributed by atoms with Crippen molar-refractivity contribution in [1.82, 2.24) is 0 Å². The summed E-state index contributed by atoms with van der Waals surface area (Å²) in [4.78, 5) is 38.4. The van der Waals surface area contributed by atoms with Crippen LogP contribution in [0.15, 0.2) is 18.2 Å². The van der Waals surface area contributed by atoms with E-state index in [-0.39, 0.29) is 40.7 Å². The number of carbonyl (C=O) groups is 3. The van der Waals surface area contributed by atoms with E-state index in [1.165, 1.54) is 19.1 Å². The first-order valence-electron chi connectivity index (χ1n) is 7.91. The topological polar surface area (TPSA) is 132 Å². The van der Waals surface area contributed by atoms with Crippen molar-refractivity contribution in [3.63, 3.8) is 0 Å². The maximum Gasteiger partial charge on any atom is 0.202 e. The molecule has 0 saturated heterocycles. The number of rotatable bonds is 0. The highest BCUT2D eigenvalue weighted by atomic mass is 16.3. The quantitative estimate of drug-likeness (QED) is 0.449. The molecule has 1 unspecified atom stereocenters. The average molecular weight is 354 g/mol. The van der Waals surface area contributed by atoms with Crippen LogP contribution in [0, 0.1) is 0 Å². The first-order valence-corrected chi connectivity index (χ1v) is 7.91. The molecule has 0 bridgehead atoms. The maximum absolute atomic E-state index is 13.0. The molecule has 2 aromatic rings. The number of phenolic OH excluding ortho intramolecular Hbond substituents is 3. The first kappa shape index (κ1) is 16.3. The SMILES string of the molecule is CC1(O)CC(=O)c2c(cc(O)c3c2C(=O)c2ccc(O)c(O)c2C3=O)C1. The minimum Gasteiger partial charge on any atom is -0.507 e. The van der Waals surface area contributed by atoms with Gasteiger partial charge in [-0.2, -0.15) is 0 Å². The highest BCUT2D eigenvalue weighted by Crippen LogP contribution is 2.44. The summed E-state index contributed by atoms with van der Waals surface area (Å²) >= 11 is 0. The van der Waals surface area contributed by atoms with Gasteiger partial charge in [0.2, 0.25) is 5.78 Å². The number of aliphatic hydroxyl groups is 1. The van der Waals surface area contributed by atoms with Crippen LogP contribution in [-0.2, 0) is 6.42 Å². The van der Waals surface area contributed by atoms with Crippen molar-refractivity contribution < 1.29 is 34.8 Å². The van der Waals surface area contributed by atoms with E-state index in [1.54, 1.807) is 0 Å². The van der Waals surface area contributed by atoms with Gasteiger partial charge in [-0.25, -0.2) is 0 Å². The molecule has 132 valence electrons. The molecule has 7 nitrogen and oxygen atoms in total. The number of carbonyl (C=O) groups excluding carboxylic acids is 3. The van der Waals surface area contributed by atoms with Crippen LogP contribution in [0.4, 0.5) is 0 Å².